The summed E-state index contributed by atoms with van der Waals surface area (Å²) in [5.41, 5.74) is 6.07. The molecule has 11 heteroatoms. The first-order valence-electron chi connectivity index (χ1n) is 7.36. The number of fused-ring (bicyclic) bond motifs is 1. The molecule has 22 heavy (non-hydrogen) atoms. The van der Waals surface area contributed by atoms with Crippen LogP contribution in [0.2, 0.25) is 0 Å². The minimum atomic E-state index is -4.51. The largest absolute Gasteiger partial charge is 0.365 e. The Balaban J connectivity index is 1.61. The van der Waals surface area contributed by atoms with Gasteiger partial charge in [0.2, 0.25) is 0 Å². The van der Waals surface area contributed by atoms with Crippen LogP contribution in [0.4, 0.5) is 0 Å². The summed E-state index contributed by atoms with van der Waals surface area (Å²) in [7, 11) is -4.51. The number of hydrazine groups is 1. The van der Waals surface area contributed by atoms with Crippen LogP contribution in [0.3, 0.4) is 0 Å². The summed E-state index contributed by atoms with van der Waals surface area (Å²) < 4.78 is 31.8. The normalized spacial score (nSPS) is 32.5. The van der Waals surface area contributed by atoms with E-state index in [-0.39, 0.29) is 6.04 Å². The van der Waals surface area contributed by atoms with Gasteiger partial charge in [-0.1, -0.05) is 0 Å². The highest BCUT2D eigenvalue weighted by atomic mass is 32.2. The van der Waals surface area contributed by atoms with E-state index in [2.05, 4.69) is 16.2 Å². The Morgan fingerprint density at radius 1 is 1.23 bits per heavy atom. The lowest BCUT2D eigenvalue weighted by atomic mass is 10.0. The Kier molecular flexibility index (Phi) is 4.38. The maximum atomic E-state index is 11.9. The second-order valence-corrected chi connectivity index (χ2v) is 7.11. The van der Waals surface area contributed by atoms with Crippen LogP contribution < -0.4 is 16.2 Å². The van der Waals surface area contributed by atoms with E-state index >= 15 is 0 Å². The van der Waals surface area contributed by atoms with Gasteiger partial charge in [0.15, 0.2) is 6.35 Å². The van der Waals surface area contributed by atoms with E-state index in [1.165, 1.54) is 0 Å². The molecule has 1 amide bonds. The number of hydrogen-bond donors (Lipinski definition) is 5. The number of rotatable bonds is 4. The molecule has 3 atom stereocenters. The van der Waals surface area contributed by atoms with Crippen LogP contribution in [0.1, 0.15) is 19.3 Å². The maximum absolute atomic E-state index is 11.9. The van der Waals surface area contributed by atoms with Crippen LogP contribution in [0.15, 0.2) is 0 Å². The summed E-state index contributed by atoms with van der Waals surface area (Å²) in [5.74, 6) is -0.685. The van der Waals surface area contributed by atoms with Crippen molar-refractivity contribution in [2.75, 3.05) is 19.6 Å². The quantitative estimate of drug-likeness (QED) is 0.210. The van der Waals surface area contributed by atoms with E-state index in [4.69, 9.17) is 4.55 Å². The van der Waals surface area contributed by atoms with Gasteiger partial charge in [-0.3, -0.25) is 30.4 Å². The van der Waals surface area contributed by atoms with E-state index in [0.717, 1.165) is 25.9 Å². The molecule has 0 aromatic carbocycles. The molecule has 1 unspecified atom stereocenters. The molecule has 10 nitrogen and oxygen atoms in total. The molecule has 3 heterocycles. The molecule has 3 aliphatic heterocycles. The van der Waals surface area contributed by atoms with Crippen LogP contribution in [-0.4, -0.2) is 77.3 Å². The fourth-order valence-electron chi connectivity index (χ4n) is 3.41. The fourth-order valence-corrected chi connectivity index (χ4v) is 4.31. The molecule has 126 valence electrons. The lowest BCUT2D eigenvalue weighted by Crippen LogP contribution is -2.70. The topological polar surface area (TPSA) is 134 Å². The van der Waals surface area contributed by atoms with Crippen molar-refractivity contribution in [3.63, 3.8) is 0 Å². The van der Waals surface area contributed by atoms with Crippen LogP contribution in [0.5, 0.6) is 0 Å². The highest BCUT2D eigenvalue weighted by molar-refractivity contribution is 7.84. The summed E-state index contributed by atoms with van der Waals surface area (Å²) in [6.07, 6.45) is 1.06. The smallest absolute Gasteiger partial charge is 0.362 e. The molecule has 0 bridgehead atoms. The first-order valence-corrected chi connectivity index (χ1v) is 8.75. The van der Waals surface area contributed by atoms with E-state index in [9.17, 15) is 18.3 Å². The monoisotopic (exact) mass is 335 g/mol. The van der Waals surface area contributed by atoms with E-state index in [1.54, 1.807) is 4.90 Å². The number of aliphatic hydroxyl groups excluding tert-OH is 1. The van der Waals surface area contributed by atoms with Crippen molar-refractivity contribution in [1.29, 1.82) is 0 Å². The Morgan fingerprint density at radius 2 is 1.86 bits per heavy atom. The molecule has 3 fully saturated rings. The highest BCUT2D eigenvalue weighted by Crippen LogP contribution is 2.36. The number of carbonyl (C=O) groups excluding carboxylic acids is 1. The zero-order valence-corrected chi connectivity index (χ0v) is 12.8. The van der Waals surface area contributed by atoms with Gasteiger partial charge in [0.25, 0.3) is 5.91 Å². The van der Waals surface area contributed by atoms with E-state index in [1.807, 2.05) is 0 Å². The molecule has 5 N–H and O–H groups in total. The third-order valence-electron chi connectivity index (χ3n) is 4.48. The number of nitrogens with one attached hydrogen (secondary N) is 3. The van der Waals surface area contributed by atoms with Crippen LogP contribution in [0, 0.1) is 0 Å². The van der Waals surface area contributed by atoms with Crippen molar-refractivity contribution in [2.45, 2.75) is 43.7 Å². The Labute approximate surface area is 128 Å². The number of nitrogens with zero attached hydrogens (tertiary/aromatic N) is 2. The average molecular weight is 335 g/mol. The summed E-state index contributed by atoms with van der Waals surface area (Å²) in [6.45, 7) is 1.93. The minimum absolute atomic E-state index is 0.101. The van der Waals surface area contributed by atoms with E-state index < -0.39 is 34.6 Å². The first-order chi connectivity index (χ1) is 10.4. The molecule has 3 rings (SSSR count). The van der Waals surface area contributed by atoms with Gasteiger partial charge in [-0.25, -0.2) is 4.31 Å². The Hall–Kier alpha value is -0.820. The lowest BCUT2D eigenvalue weighted by Gasteiger charge is -2.44. The van der Waals surface area contributed by atoms with Crippen molar-refractivity contribution in [3.8, 4) is 0 Å². The number of β-lactam (4-membered cyclic amide) rings is 1. The van der Waals surface area contributed by atoms with Gasteiger partial charge in [0.05, 0.1) is 6.04 Å². The molecular formula is C11H21N5O5S. The molecule has 0 saturated carbocycles. The van der Waals surface area contributed by atoms with Crippen LogP contribution >= 0.6 is 0 Å². The minimum Gasteiger partial charge on any atom is -0.365 e. The molecule has 0 radical (unpaired) electrons. The van der Waals surface area contributed by atoms with Crippen LogP contribution in [0.25, 0.3) is 0 Å². The predicted octanol–water partition coefficient (Wildman–Crippen LogP) is -2.80. The van der Waals surface area contributed by atoms with Crippen molar-refractivity contribution in [2.24, 2.45) is 0 Å². The first kappa shape index (κ1) is 16.1. The Bertz CT molecular complexity index is 535. The zero-order valence-electron chi connectivity index (χ0n) is 12.0. The standard InChI is InChI=1S/C11H21N5O5S/c17-10-9-8(16(10)22(19,20)21)3-6-15(9)11(18)14-7-1-4-12-13-5-2-7/h7-9,11-14,18H,1-6H2,(H,19,20,21)/t8-,9+,11?/m1/s1. The molecule has 0 spiro atoms. The van der Waals surface area contributed by atoms with Crippen molar-refractivity contribution < 1.29 is 22.9 Å². The van der Waals surface area contributed by atoms with Crippen molar-refractivity contribution in [3.05, 3.63) is 0 Å². The fraction of sp³-hybridized carbons (Fsp3) is 0.909. The van der Waals surface area contributed by atoms with Gasteiger partial charge < -0.3 is 5.11 Å². The summed E-state index contributed by atoms with van der Waals surface area (Å²) in [5, 5.41) is 13.4. The number of likely N-dealkylation sites (tertiary alicyclic amines) is 1. The molecule has 3 aliphatic rings. The number of aliphatic hydroxyl groups is 1. The van der Waals surface area contributed by atoms with Gasteiger partial charge >= 0.3 is 10.3 Å². The Morgan fingerprint density at radius 3 is 2.45 bits per heavy atom. The van der Waals surface area contributed by atoms with Crippen molar-refractivity contribution >= 4 is 16.2 Å². The average Bonchev–Trinajstić information content (AvgIpc) is 2.60. The lowest BCUT2D eigenvalue weighted by molar-refractivity contribution is -0.152. The van der Waals surface area contributed by atoms with Gasteiger partial charge in [-0.15, -0.1) is 0 Å². The van der Waals surface area contributed by atoms with Gasteiger partial charge in [-0.05, 0) is 19.3 Å². The summed E-state index contributed by atoms with van der Waals surface area (Å²) in [6, 6.07) is -1.17. The molecule has 0 aromatic heterocycles. The third kappa shape index (κ3) is 2.85. The summed E-state index contributed by atoms with van der Waals surface area (Å²) >= 11 is 0. The number of amides is 1. The second kappa shape index (κ2) is 6.00. The molecule has 0 aliphatic carbocycles. The number of carbonyl (C=O) groups is 1. The van der Waals surface area contributed by atoms with Crippen LogP contribution in [-0.2, 0) is 15.1 Å². The van der Waals surface area contributed by atoms with Crippen molar-refractivity contribution in [1.82, 2.24) is 25.4 Å². The van der Waals surface area contributed by atoms with E-state index in [0.29, 0.717) is 17.3 Å². The predicted molar refractivity (Wildman–Crippen MR) is 75.5 cm³/mol. The maximum Gasteiger partial charge on any atom is 0.362 e. The second-order valence-electron chi connectivity index (χ2n) is 5.82. The molecule has 3 saturated heterocycles. The molecule has 0 aromatic rings. The SMILES string of the molecule is O=C1[C@@H]2[C@@H](CCN2C(O)NC2CCNNCC2)N1S(=O)(=O)O. The third-order valence-corrected chi connectivity index (χ3v) is 5.43. The highest BCUT2D eigenvalue weighted by Gasteiger charge is 2.59. The number of hydrogen-bond acceptors (Lipinski definition) is 8. The van der Waals surface area contributed by atoms with Gasteiger partial charge in [-0.2, -0.15) is 8.42 Å². The van der Waals surface area contributed by atoms with Gasteiger partial charge in [0, 0.05) is 25.7 Å². The summed E-state index contributed by atoms with van der Waals surface area (Å²) in [4.78, 5) is 13.5. The van der Waals surface area contributed by atoms with Gasteiger partial charge in [0.1, 0.15) is 6.04 Å². The zero-order chi connectivity index (χ0) is 15.9. The molecular weight excluding hydrogens is 314 g/mol.